The van der Waals surface area contributed by atoms with Gasteiger partial charge >= 0.3 is 5.91 Å². The van der Waals surface area contributed by atoms with Crippen LogP contribution in [-0.2, 0) is 0 Å². The first kappa shape index (κ1) is 19.3. The van der Waals surface area contributed by atoms with Crippen LogP contribution in [-0.4, -0.2) is 32.2 Å². The molecule has 0 atom stereocenters. The van der Waals surface area contributed by atoms with Crippen molar-refractivity contribution in [3.63, 3.8) is 0 Å². The first-order valence-corrected chi connectivity index (χ1v) is 9.48. The van der Waals surface area contributed by atoms with E-state index in [-0.39, 0.29) is 11.4 Å². The molecule has 0 spiro atoms. The van der Waals surface area contributed by atoms with Gasteiger partial charge in [-0.2, -0.15) is 5.10 Å². The summed E-state index contributed by atoms with van der Waals surface area (Å²) in [5, 5.41) is 23.1. The predicted octanol–water partition coefficient (Wildman–Crippen LogP) is 3.68. The van der Waals surface area contributed by atoms with E-state index in [1.807, 2.05) is 18.2 Å². The maximum atomic E-state index is 12.2. The summed E-state index contributed by atoms with van der Waals surface area (Å²) in [5.41, 5.74) is 3.28. The fourth-order valence-electron chi connectivity index (χ4n) is 2.62. The van der Waals surface area contributed by atoms with Gasteiger partial charge in [-0.3, -0.25) is 20.0 Å². The second-order valence-corrected chi connectivity index (χ2v) is 7.15. The van der Waals surface area contributed by atoms with Gasteiger partial charge in [0.25, 0.3) is 5.69 Å². The Kier molecular flexibility index (Phi) is 5.26. The molecular formula is C19H14N6O4S. The van der Waals surface area contributed by atoms with Gasteiger partial charge in [0.1, 0.15) is 11.4 Å². The Morgan fingerprint density at radius 1 is 1.30 bits per heavy atom. The lowest BCUT2D eigenvalue weighted by Crippen LogP contribution is -2.16. The van der Waals surface area contributed by atoms with Gasteiger partial charge in [0.15, 0.2) is 5.76 Å². The van der Waals surface area contributed by atoms with Crippen LogP contribution in [0.5, 0.6) is 0 Å². The normalized spacial score (nSPS) is 11.2. The van der Waals surface area contributed by atoms with Crippen LogP contribution in [0, 0.1) is 17.0 Å². The lowest BCUT2D eigenvalue weighted by Gasteiger charge is -2.01. The van der Waals surface area contributed by atoms with Gasteiger partial charge in [-0.25, -0.2) is 10.4 Å². The van der Waals surface area contributed by atoms with E-state index in [0.29, 0.717) is 27.0 Å². The molecule has 0 saturated heterocycles. The van der Waals surface area contributed by atoms with Crippen molar-refractivity contribution >= 4 is 40.5 Å². The highest BCUT2D eigenvalue weighted by Crippen LogP contribution is 2.33. The van der Waals surface area contributed by atoms with E-state index in [1.165, 1.54) is 12.3 Å². The van der Waals surface area contributed by atoms with Gasteiger partial charge in [0, 0.05) is 17.0 Å². The molecule has 2 aromatic carbocycles. The van der Waals surface area contributed by atoms with Crippen LogP contribution < -0.4 is 5.43 Å². The highest BCUT2D eigenvalue weighted by atomic mass is 32.2. The van der Waals surface area contributed by atoms with Gasteiger partial charge in [0.2, 0.25) is 5.16 Å². The van der Waals surface area contributed by atoms with E-state index < -0.39 is 10.8 Å². The zero-order valence-electron chi connectivity index (χ0n) is 15.5. The monoisotopic (exact) mass is 422 g/mol. The van der Waals surface area contributed by atoms with Crippen LogP contribution in [0.1, 0.15) is 21.9 Å². The molecule has 0 bridgehead atoms. The SMILES string of the molecule is Cc1nc(Sc2ccc(/C=N/NC(=O)c3cc4ccccc4o3)cc2[N+](=O)[O-])n[nH]1. The topological polar surface area (TPSA) is 139 Å². The van der Waals surface area contributed by atoms with Crippen molar-refractivity contribution in [2.24, 2.45) is 5.10 Å². The van der Waals surface area contributed by atoms with Crippen LogP contribution in [0.15, 0.2) is 68.1 Å². The summed E-state index contributed by atoms with van der Waals surface area (Å²) in [6.45, 7) is 1.74. The van der Waals surface area contributed by atoms with Crippen molar-refractivity contribution in [2.45, 2.75) is 17.0 Å². The molecule has 30 heavy (non-hydrogen) atoms. The largest absolute Gasteiger partial charge is 0.451 e. The van der Waals surface area contributed by atoms with Gasteiger partial charge < -0.3 is 4.42 Å². The maximum absolute atomic E-state index is 12.2. The zero-order chi connectivity index (χ0) is 21.1. The van der Waals surface area contributed by atoms with Crippen molar-refractivity contribution in [1.29, 1.82) is 0 Å². The fraction of sp³-hybridized carbons (Fsp3) is 0.0526. The summed E-state index contributed by atoms with van der Waals surface area (Å²) in [6.07, 6.45) is 1.32. The molecule has 0 aliphatic carbocycles. The molecule has 150 valence electrons. The fourth-order valence-corrected chi connectivity index (χ4v) is 3.47. The number of aromatic nitrogens is 3. The number of furan rings is 1. The van der Waals surface area contributed by atoms with Crippen molar-refractivity contribution in [3.8, 4) is 0 Å². The van der Waals surface area contributed by atoms with E-state index in [9.17, 15) is 14.9 Å². The van der Waals surface area contributed by atoms with Gasteiger partial charge in [0.05, 0.1) is 16.0 Å². The second-order valence-electron chi connectivity index (χ2n) is 6.14. The molecule has 2 heterocycles. The molecule has 1 amide bonds. The molecular weight excluding hydrogens is 408 g/mol. The zero-order valence-corrected chi connectivity index (χ0v) is 16.3. The van der Waals surface area contributed by atoms with Crippen LogP contribution in [0.3, 0.4) is 0 Å². The molecule has 0 aliphatic rings. The molecule has 0 unspecified atom stereocenters. The Hall–Kier alpha value is -3.99. The number of carbonyl (C=O) groups excluding carboxylic acids is 1. The van der Waals surface area contributed by atoms with Gasteiger partial charge in [-0.15, -0.1) is 5.10 Å². The first-order valence-electron chi connectivity index (χ1n) is 8.67. The number of rotatable bonds is 6. The predicted molar refractivity (Wildman–Crippen MR) is 110 cm³/mol. The number of nitro groups is 1. The number of benzene rings is 2. The van der Waals surface area contributed by atoms with Crippen molar-refractivity contribution in [2.75, 3.05) is 0 Å². The highest BCUT2D eigenvalue weighted by molar-refractivity contribution is 7.99. The standard InChI is InChI=1S/C19H14N6O4S/c1-11-21-19(24-22-11)30-17-7-6-12(8-14(17)25(27)28)10-20-23-18(26)16-9-13-4-2-3-5-15(13)29-16/h2-10H,1H3,(H,23,26)(H,21,22,24)/b20-10+. The number of hydrazone groups is 1. The first-order chi connectivity index (χ1) is 14.5. The number of hydrogen-bond donors (Lipinski definition) is 2. The third kappa shape index (κ3) is 4.20. The van der Waals surface area contributed by atoms with Crippen LogP contribution in [0.4, 0.5) is 5.69 Å². The second kappa shape index (κ2) is 8.17. The van der Waals surface area contributed by atoms with E-state index in [4.69, 9.17) is 4.42 Å². The number of fused-ring (bicyclic) bond motifs is 1. The molecule has 2 N–H and O–H groups in total. The quantitative estimate of drug-likeness (QED) is 0.274. The number of hydrogen-bond acceptors (Lipinski definition) is 8. The smallest absolute Gasteiger partial charge is 0.307 e. The average molecular weight is 422 g/mol. The number of nitrogens with zero attached hydrogens (tertiary/aromatic N) is 4. The number of amides is 1. The highest BCUT2D eigenvalue weighted by Gasteiger charge is 2.17. The summed E-state index contributed by atoms with van der Waals surface area (Å²) in [6, 6.07) is 13.4. The molecule has 4 aromatic rings. The lowest BCUT2D eigenvalue weighted by molar-refractivity contribution is -0.387. The minimum absolute atomic E-state index is 0.116. The number of aryl methyl sites for hydroxylation is 1. The van der Waals surface area contributed by atoms with Crippen molar-refractivity contribution in [3.05, 3.63) is 75.8 Å². The summed E-state index contributed by atoms with van der Waals surface area (Å²) in [4.78, 5) is 27.7. The molecule has 0 aliphatic heterocycles. The van der Waals surface area contributed by atoms with E-state index in [0.717, 1.165) is 17.1 Å². The number of nitrogens with one attached hydrogen (secondary N) is 2. The summed E-state index contributed by atoms with van der Waals surface area (Å²) < 4.78 is 5.46. The Morgan fingerprint density at radius 2 is 2.13 bits per heavy atom. The molecule has 0 radical (unpaired) electrons. The Labute approximate surface area is 173 Å². The third-order valence-corrected chi connectivity index (χ3v) is 4.92. The Morgan fingerprint density at radius 3 is 2.87 bits per heavy atom. The van der Waals surface area contributed by atoms with Crippen LogP contribution in [0.25, 0.3) is 11.0 Å². The number of para-hydroxylation sites is 1. The molecule has 2 aromatic heterocycles. The minimum Gasteiger partial charge on any atom is -0.451 e. The molecule has 4 rings (SSSR count). The Bertz CT molecular complexity index is 1250. The van der Waals surface area contributed by atoms with E-state index in [1.54, 1.807) is 31.2 Å². The number of carbonyl (C=O) groups is 1. The maximum Gasteiger partial charge on any atom is 0.307 e. The van der Waals surface area contributed by atoms with E-state index >= 15 is 0 Å². The summed E-state index contributed by atoms with van der Waals surface area (Å²) in [5.74, 6) is 0.209. The van der Waals surface area contributed by atoms with Crippen LogP contribution >= 0.6 is 11.8 Å². The lowest BCUT2D eigenvalue weighted by atomic mass is 10.2. The number of H-pyrrole nitrogens is 1. The average Bonchev–Trinajstić information content (AvgIpc) is 3.34. The van der Waals surface area contributed by atoms with Crippen LogP contribution in [0.2, 0.25) is 0 Å². The van der Waals surface area contributed by atoms with Crippen molar-refractivity contribution < 1.29 is 14.1 Å². The number of aromatic amines is 1. The summed E-state index contributed by atoms with van der Waals surface area (Å²) >= 11 is 1.08. The minimum atomic E-state index is -0.524. The molecule has 0 saturated carbocycles. The molecule has 10 nitrogen and oxygen atoms in total. The van der Waals surface area contributed by atoms with Crippen molar-refractivity contribution in [1.82, 2.24) is 20.6 Å². The van der Waals surface area contributed by atoms with E-state index in [2.05, 4.69) is 25.7 Å². The number of nitro benzene ring substituents is 1. The third-order valence-electron chi connectivity index (χ3n) is 3.99. The molecule has 11 heteroatoms. The summed E-state index contributed by atoms with van der Waals surface area (Å²) in [7, 11) is 0. The van der Waals surface area contributed by atoms with Gasteiger partial charge in [-0.05, 0) is 36.9 Å². The molecule has 0 fully saturated rings. The van der Waals surface area contributed by atoms with Gasteiger partial charge in [-0.1, -0.05) is 24.3 Å². The Balaban J connectivity index is 1.48.